The predicted octanol–water partition coefficient (Wildman–Crippen LogP) is 0.989. The van der Waals surface area contributed by atoms with Gasteiger partial charge in [-0.3, -0.25) is 19.3 Å². The predicted molar refractivity (Wildman–Crippen MR) is 80.4 cm³/mol. The lowest BCUT2D eigenvalue weighted by Gasteiger charge is -2.21. The Morgan fingerprint density at radius 3 is 1.59 bits per heavy atom. The van der Waals surface area contributed by atoms with E-state index in [0.29, 0.717) is 0 Å². The van der Waals surface area contributed by atoms with Crippen LogP contribution in [0, 0.1) is 0 Å². The molecule has 13 heteroatoms. The van der Waals surface area contributed by atoms with E-state index in [4.69, 9.17) is 4.74 Å². The average Bonchev–Trinajstić information content (AvgIpc) is 2.52. The molecule has 0 rings (SSSR count). The number of amides is 2. The number of alkyl halides is 6. The van der Waals surface area contributed by atoms with Gasteiger partial charge in [-0.05, 0) is 19.8 Å². The second-order valence-corrected chi connectivity index (χ2v) is 5.30. The lowest BCUT2D eigenvalue weighted by atomic mass is 10.3. The van der Waals surface area contributed by atoms with Crippen LogP contribution < -0.4 is 10.6 Å². The van der Waals surface area contributed by atoms with Crippen LogP contribution in [0.4, 0.5) is 26.3 Å². The van der Waals surface area contributed by atoms with E-state index in [1.165, 1.54) is 4.90 Å². The maximum Gasteiger partial charge on any atom is 0.471 e. The van der Waals surface area contributed by atoms with Crippen LogP contribution in [-0.4, -0.2) is 74.4 Å². The van der Waals surface area contributed by atoms with E-state index in [1.54, 1.807) is 17.6 Å². The largest absolute Gasteiger partial charge is 0.471 e. The lowest BCUT2D eigenvalue weighted by Crippen LogP contribution is -2.40. The monoisotopic (exact) mass is 409 g/mol. The van der Waals surface area contributed by atoms with Gasteiger partial charge in [-0.25, -0.2) is 0 Å². The summed E-state index contributed by atoms with van der Waals surface area (Å²) in [5, 5.41) is 3.33. The number of ether oxygens (including phenoxy) is 1. The average molecular weight is 409 g/mol. The minimum absolute atomic E-state index is 0.0656. The Morgan fingerprint density at radius 1 is 0.852 bits per heavy atom. The number of nitrogens with one attached hydrogen (secondary N) is 2. The number of hydrogen-bond donors (Lipinski definition) is 2. The van der Waals surface area contributed by atoms with E-state index in [9.17, 15) is 40.7 Å². The van der Waals surface area contributed by atoms with Crippen LogP contribution in [0.2, 0.25) is 0 Å². The highest BCUT2D eigenvalue weighted by Crippen LogP contribution is 2.14. The third-order valence-electron chi connectivity index (χ3n) is 3.05. The normalized spacial score (nSPS) is 12.0. The molecule has 0 bridgehead atoms. The maximum absolute atomic E-state index is 12.0. The summed E-state index contributed by atoms with van der Waals surface area (Å²) in [5.74, 6) is -4.79. The molecule has 0 fully saturated rings. The van der Waals surface area contributed by atoms with E-state index < -0.39 is 30.1 Å². The molecule has 0 radical (unpaired) electrons. The molecule has 0 aliphatic rings. The zero-order chi connectivity index (χ0) is 21.1. The Labute approximate surface area is 151 Å². The second kappa shape index (κ2) is 11.6. The summed E-state index contributed by atoms with van der Waals surface area (Å²) in [6.07, 6.45) is -9.87. The molecule has 0 aromatic heterocycles. The molecule has 0 spiro atoms. The van der Waals surface area contributed by atoms with Crippen molar-refractivity contribution >= 4 is 17.8 Å². The molecule has 0 aromatic rings. The van der Waals surface area contributed by atoms with Crippen molar-refractivity contribution in [3.63, 3.8) is 0 Å². The molecule has 0 unspecified atom stereocenters. The first kappa shape index (κ1) is 24.9. The fourth-order valence-corrected chi connectivity index (χ4v) is 1.87. The van der Waals surface area contributed by atoms with Crippen molar-refractivity contribution in [3.8, 4) is 0 Å². The van der Waals surface area contributed by atoms with Gasteiger partial charge in [0, 0.05) is 26.2 Å². The van der Waals surface area contributed by atoms with Crippen molar-refractivity contribution in [3.05, 3.63) is 0 Å². The molecular weight excluding hydrogens is 388 g/mol. The molecule has 7 nitrogen and oxygen atoms in total. The van der Waals surface area contributed by atoms with Crippen LogP contribution in [0.25, 0.3) is 0 Å². The van der Waals surface area contributed by atoms with Gasteiger partial charge in [0.05, 0.1) is 13.2 Å². The van der Waals surface area contributed by atoms with E-state index >= 15 is 0 Å². The Hall–Kier alpha value is -2.05. The number of esters is 1. The van der Waals surface area contributed by atoms with Gasteiger partial charge in [0.15, 0.2) is 0 Å². The molecular formula is C14H21F6N3O4. The number of rotatable bonds is 11. The van der Waals surface area contributed by atoms with Gasteiger partial charge in [-0.2, -0.15) is 26.3 Å². The molecule has 2 amide bonds. The first-order chi connectivity index (χ1) is 12.4. The highest BCUT2D eigenvalue weighted by Gasteiger charge is 2.38. The Balaban J connectivity index is 4.34. The molecule has 0 saturated heterocycles. The number of halogens is 6. The van der Waals surface area contributed by atoms with Crippen molar-refractivity contribution < 1.29 is 45.5 Å². The van der Waals surface area contributed by atoms with Gasteiger partial charge >= 0.3 is 30.1 Å². The first-order valence-corrected chi connectivity index (χ1v) is 7.96. The second-order valence-electron chi connectivity index (χ2n) is 5.30. The molecule has 0 aliphatic carbocycles. The van der Waals surface area contributed by atoms with Gasteiger partial charge in [-0.1, -0.05) is 0 Å². The Bertz CT molecular complexity index is 462. The topological polar surface area (TPSA) is 87.7 Å². The van der Waals surface area contributed by atoms with Crippen LogP contribution >= 0.6 is 0 Å². The van der Waals surface area contributed by atoms with E-state index in [-0.39, 0.29) is 52.2 Å². The van der Waals surface area contributed by atoms with Crippen molar-refractivity contribution in [2.24, 2.45) is 0 Å². The van der Waals surface area contributed by atoms with Gasteiger partial charge in [-0.15, -0.1) is 0 Å². The van der Waals surface area contributed by atoms with E-state index in [1.807, 2.05) is 0 Å². The summed E-state index contributed by atoms with van der Waals surface area (Å²) >= 11 is 0. The van der Waals surface area contributed by atoms with Crippen molar-refractivity contribution in [1.82, 2.24) is 15.5 Å². The molecule has 2 N–H and O–H groups in total. The fourth-order valence-electron chi connectivity index (χ4n) is 1.87. The summed E-state index contributed by atoms with van der Waals surface area (Å²) < 4.78 is 77.0. The molecule has 0 saturated carbocycles. The van der Waals surface area contributed by atoms with Gasteiger partial charge in [0.25, 0.3) is 0 Å². The minimum atomic E-state index is -5.00. The highest BCUT2D eigenvalue weighted by molar-refractivity contribution is 5.81. The Morgan fingerprint density at radius 2 is 1.26 bits per heavy atom. The maximum atomic E-state index is 12.0. The van der Waals surface area contributed by atoms with Gasteiger partial charge in [0.2, 0.25) is 0 Å². The molecule has 27 heavy (non-hydrogen) atoms. The Kier molecular flexibility index (Phi) is 10.7. The SMILES string of the molecule is CCOC(=O)CN(CCCNC(=O)C(F)(F)F)CCCNC(=O)C(F)(F)F. The lowest BCUT2D eigenvalue weighted by molar-refractivity contribution is -0.173. The van der Waals surface area contributed by atoms with E-state index in [2.05, 4.69) is 0 Å². The molecule has 0 atom stereocenters. The van der Waals surface area contributed by atoms with Gasteiger partial charge in [0.1, 0.15) is 0 Å². The zero-order valence-electron chi connectivity index (χ0n) is 14.5. The summed E-state index contributed by atoms with van der Waals surface area (Å²) in [4.78, 5) is 34.3. The molecule has 0 heterocycles. The van der Waals surface area contributed by atoms with Gasteiger partial charge < -0.3 is 15.4 Å². The van der Waals surface area contributed by atoms with Crippen LogP contribution in [0.1, 0.15) is 19.8 Å². The van der Waals surface area contributed by atoms with Crippen molar-refractivity contribution in [2.45, 2.75) is 32.1 Å². The van der Waals surface area contributed by atoms with Crippen LogP contribution in [0.3, 0.4) is 0 Å². The van der Waals surface area contributed by atoms with Crippen LogP contribution in [-0.2, 0) is 19.1 Å². The zero-order valence-corrected chi connectivity index (χ0v) is 14.5. The number of nitrogens with zero attached hydrogens (tertiary/aromatic N) is 1. The summed E-state index contributed by atoms with van der Waals surface area (Å²) in [5.41, 5.74) is 0. The first-order valence-electron chi connectivity index (χ1n) is 7.96. The number of carbonyl (C=O) groups excluding carboxylic acids is 3. The quantitative estimate of drug-likeness (QED) is 0.302. The third-order valence-corrected chi connectivity index (χ3v) is 3.05. The van der Waals surface area contributed by atoms with Crippen molar-refractivity contribution in [1.29, 1.82) is 0 Å². The smallest absolute Gasteiger partial charge is 0.465 e. The van der Waals surface area contributed by atoms with Crippen LogP contribution in [0.5, 0.6) is 0 Å². The summed E-state index contributed by atoms with van der Waals surface area (Å²) in [6.45, 7) is 1.02. The number of hydrogen-bond acceptors (Lipinski definition) is 5. The summed E-state index contributed by atoms with van der Waals surface area (Å²) in [6, 6.07) is 0. The third kappa shape index (κ3) is 12.0. The van der Waals surface area contributed by atoms with Crippen molar-refractivity contribution in [2.75, 3.05) is 39.3 Å². The molecule has 0 aliphatic heterocycles. The minimum Gasteiger partial charge on any atom is -0.465 e. The molecule has 0 aromatic carbocycles. The number of carbonyl (C=O) groups is 3. The van der Waals surface area contributed by atoms with E-state index in [0.717, 1.165) is 0 Å². The molecule has 158 valence electrons. The fraction of sp³-hybridized carbons (Fsp3) is 0.786. The van der Waals surface area contributed by atoms with Crippen LogP contribution in [0.15, 0.2) is 0 Å². The summed E-state index contributed by atoms with van der Waals surface area (Å²) in [7, 11) is 0. The highest BCUT2D eigenvalue weighted by atomic mass is 19.4. The standard InChI is InChI=1S/C14H21F6N3O4/c1-2-27-10(24)9-23(7-3-5-21-11(25)13(15,16)17)8-4-6-22-12(26)14(18,19)20/h2-9H2,1H3,(H,21,25)(H,22,26).